The second kappa shape index (κ2) is 15.8. The van der Waals surface area contributed by atoms with E-state index in [1.165, 1.54) is 11.9 Å². The molecule has 12 heteroatoms. The molecule has 4 rings (SSSR count). The first-order valence-corrected chi connectivity index (χ1v) is 15.0. The summed E-state index contributed by atoms with van der Waals surface area (Å²) in [6.07, 6.45) is -0.359. The normalized spacial score (nSPS) is 16.9. The van der Waals surface area contributed by atoms with Crippen molar-refractivity contribution >= 4 is 35.2 Å². The molecule has 0 spiro atoms. The largest absolute Gasteiger partial charge is 0.491 e. The molecule has 1 aliphatic rings. The highest BCUT2D eigenvalue weighted by atomic mass is 35.5. The topological polar surface area (TPSA) is 127 Å². The number of hydrogen-bond donors (Lipinski definition) is 2. The van der Waals surface area contributed by atoms with E-state index in [9.17, 15) is 19.2 Å². The van der Waals surface area contributed by atoms with Crippen molar-refractivity contribution in [1.82, 2.24) is 20.4 Å². The van der Waals surface area contributed by atoms with Gasteiger partial charge in [0.2, 0.25) is 17.7 Å². The van der Waals surface area contributed by atoms with Gasteiger partial charge in [0.15, 0.2) is 11.5 Å². The van der Waals surface area contributed by atoms with Crippen molar-refractivity contribution < 1.29 is 33.4 Å². The van der Waals surface area contributed by atoms with Gasteiger partial charge in [0.05, 0.1) is 31.1 Å². The van der Waals surface area contributed by atoms with E-state index in [0.29, 0.717) is 34.6 Å². The molecule has 2 N–H and O–H groups in total. The molecule has 0 saturated carbocycles. The van der Waals surface area contributed by atoms with Crippen LogP contribution in [-0.2, 0) is 14.4 Å². The molecule has 0 aromatic heterocycles. The minimum Gasteiger partial charge on any atom is -0.491 e. The molecule has 3 aromatic carbocycles. The summed E-state index contributed by atoms with van der Waals surface area (Å²) in [5.74, 6) is -0.0669. The molecule has 238 valence electrons. The van der Waals surface area contributed by atoms with Crippen LogP contribution in [0.1, 0.15) is 30.6 Å². The lowest BCUT2D eigenvalue weighted by Crippen LogP contribution is -2.52. The van der Waals surface area contributed by atoms with Crippen LogP contribution in [0.3, 0.4) is 0 Å². The van der Waals surface area contributed by atoms with E-state index in [4.69, 9.17) is 25.8 Å². The molecule has 45 heavy (non-hydrogen) atoms. The molecule has 0 unspecified atom stereocenters. The SMILES string of the molecule is CCN1CCOc2ccccc2C(=O)N[C@H](C(=O)N[C@H](C)COc2ccccc2Oc2ccc(Cl)cc2)CC(=O)N(C)CC1=O. The molecule has 0 bridgehead atoms. The maximum absolute atomic E-state index is 13.5. The second-order valence-corrected chi connectivity index (χ2v) is 11.0. The van der Waals surface area contributed by atoms with Gasteiger partial charge < -0.3 is 34.6 Å². The first-order valence-electron chi connectivity index (χ1n) is 14.6. The van der Waals surface area contributed by atoms with Gasteiger partial charge in [-0.2, -0.15) is 0 Å². The Morgan fingerprint density at radius 2 is 1.71 bits per heavy atom. The van der Waals surface area contributed by atoms with E-state index >= 15 is 0 Å². The monoisotopic (exact) mass is 636 g/mol. The molecule has 2 atom stereocenters. The van der Waals surface area contributed by atoms with Crippen LogP contribution in [0.25, 0.3) is 0 Å². The minimum absolute atomic E-state index is 0.0687. The Morgan fingerprint density at radius 3 is 2.44 bits per heavy atom. The van der Waals surface area contributed by atoms with Crippen molar-refractivity contribution in [2.75, 3.05) is 39.9 Å². The smallest absolute Gasteiger partial charge is 0.255 e. The molecular formula is C33H37ClN4O7. The number of ether oxygens (including phenoxy) is 3. The second-order valence-electron chi connectivity index (χ2n) is 10.5. The zero-order chi connectivity index (χ0) is 32.3. The zero-order valence-electron chi connectivity index (χ0n) is 25.5. The maximum atomic E-state index is 13.5. The highest BCUT2D eigenvalue weighted by molar-refractivity contribution is 6.30. The van der Waals surface area contributed by atoms with Crippen LogP contribution in [0.4, 0.5) is 0 Å². The number of nitrogens with one attached hydrogen (secondary N) is 2. The third-order valence-corrected chi connectivity index (χ3v) is 7.30. The summed E-state index contributed by atoms with van der Waals surface area (Å²) in [6, 6.07) is 18.9. The number of carbonyl (C=O) groups excluding carboxylic acids is 4. The van der Waals surface area contributed by atoms with Crippen molar-refractivity contribution in [2.45, 2.75) is 32.4 Å². The summed E-state index contributed by atoms with van der Waals surface area (Å²) < 4.78 is 17.8. The Morgan fingerprint density at radius 1 is 1.02 bits per heavy atom. The van der Waals surface area contributed by atoms with Gasteiger partial charge in [0, 0.05) is 18.6 Å². The average molecular weight is 637 g/mol. The number of hydrogen-bond acceptors (Lipinski definition) is 7. The number of nitrogens with zero attached hydrogens (tertiary/aromatic N) is 2. The zero-order valence-corrected chi connectivity index (χ0v) is 26.2. The summed E-state index contributed by atoms with van der Waals surface area (Å²) >= 11 is 5.97. The van der Waals surface area contributed by atoms with Gasteiger partial charge in [0.1, 0.15) is 30.8 Å². The van der Waals surface area contributed by atoms with Crippen LogP contribution >= 0.6 is 11.6 Å². The van der Waals surface area contributed by atoms with Crippen LogP contribution in [0.5, 0.6) is 23.0 Å². The molecule has 1 heterocycles. The number of amides is 4. The van der Waals surface area contributed by atoms with Crippen molar-refractivity contribution in [3.8, 4) is 23.0 Å². The molecule has 0 fully saturated rings. The van der Waals surface area contributed by atoms with Gasteiger partial charge in [-0.3, -0.25) is 19.2 Å². The van der Waals surface area contributed by atoms with Gasteiger partial charge in [-0.1, -0.05) is 35.9 Å². The summed E-state index contributed by atoms with van der Waals surface area (Å²) in [7, 11) is 1.49. The molecule has 1 aliphatic heterocycles. The lowest BCUT2D eigenvalue weighted by atomic mass is 10.1. The van der Waals surface area contributed by atoms with Crippen LogP contribution in [0.2, 0.25) is 5.02 Å². The number of halogens is 1. The number of para-hydroxylation sites is 3. The van der Waals surface area contributed by atoms with Gasteiger partial charge in [0.25, 0.3) is 5.91 Å². The molecule has 0 radical (unpaired) electrons. The predicted octanol–water partition coefficient (Wildman–Crippen LogP) is 3.90. The molecule has 3 aromatic rings. The van der Waals surface area contributed by atoms with E-state index < -0.39 is 29.8 Å². The first-order chi connectivity index (χ1) is 21.6. The van der Waals surface area contributed by atoms with Crippen molar-refractivity contribution in [3.05, 3.63) is 83.4 Å². The number of carbonyl (C=O) groups is 4. The lowest BCUT2D eigenvalue weighted by Gasteiger charge is -2.27. The van der Waals surface area contributed by atoms with Crippen LogP contribution < -0.4 is 24.8 Å². The number of rotatable bonds is 8. The standard InChI is InChI=1S/C33H37ClN4O7/c1-4-38-17-18-43-27-10-6-5-9-25(27)32(41)36-26(19-30(39)37(3)20-31(38)40)33(42)35-22(2)21-44-28-11-7-8-12-29(28)45-24-15-13-23(34)14-16-24/h5-16,22,26H,4,17-21H2,1-3H3,(H,35,42)(H,36,41)/t22-,26+/m1/s1. The number of fused-ring (bicyclic) bond motifs is 1. The van der Waals surface area contributed by atoms with Gasteiger partial charge in [-0.25, -0.2) is 0 Å². The first kappa shape index (κ1) is 33.1. The average Bonchev–Trinajstić information content (AvgIpc) is 3.03. The van der Waals surface area contributed by atoms with E-state index in [0.717, 1.165) is 0 Å². The fourth-order valence-corrected chi connectivity index (χ4v) is 4.68. The lowest BCUT2D eigenvalue weighted by molar-refractivity contribution is -0.140. The highest BCUT2D eigenvalue weighted by Crippen LogP contribution is 2.31. The summed E-state index contributed by atoms with van der Waals surface area (Å²) in [5.41, 5.74) is 0.205. The Bertz CT molecular complexity index is 1500. The van der Waals surface area contributed by atoms with Gasteiger partial charge >= 0.3 is 0 Å². The van der Waals surface area contributed by atoms with Crippen molar-refractivity contribution in [1.29, 1.82) is 0 Å². The summed E-state index contributed by atoms with van der Waals surface area (Å²) in [4.78, 5) is 55.7. The van der Waals surface area contributed by atoms with E-state index in [2.05, 4.69) is 10.6 Å². The molecular weight excluding hydrogens is 600 g/mol. The van der Waals surface area contributed by atoms with E-state index in [-0.39, 0.29) is 44.2 Å². The Hall–Kier alpha value is -4.77. The Labute approximate surface area is 267 Å². The van der Waals surface area contributed by atoms with Gasteiger partial charge in [-0.05, 0) is 62.4 Å². The number of benzene rings is 3. The highest BCUT2D eigenvalue weighted by Gasteiger charge is 2.29. The van der Waals surface area contributed by atoms with Crippen molar-refractivity contribution in [3.63, 3.8) is 0 Å². The maximum Gasteiger partial charge on any atom is 0.255 e. The summed E-state index contributed by atoms with van der Waals surface area (Å²) in [5, 5.41) is 6.09. The fourth-order valence-electron chi connectivity index (χ4n) is 4.56. The molecule has 0 saturated heterocycles. The predicted molar refractivity (Wildman–Crippen MR) is 169 cm³/mol. The molecule has 11 nitrogen and oxygen atoms in total. The third-order valence-electron chi connectivity index (χ3n) is 7.05. The minimum atomic E-state index is -1.23. The van der Waals surface area contributed by atoms with Crippen LogP contribution in [-0.4, -0.2) is 85.4 Å². The number of likely N-dealkylation sites (N-methyl/N-ethyl adjacent to an activating group) is 2. The fraction of sp³-hybridized carbons (Fsp3) is 0.333. The van der Waals surface area contributed by atoms with E-state index in [1.54, 1.807) is 78.6 Å². The Balaban J connectivity index is 1.46. The van der Waals surface area contributed by atoms with Crippen molar-refractivity contribution in [2.24, 2.45) is 0 Å². The van der Waals surface area contributed by atoms with E-state index in [1.807, 2.05) is 13.0 Å². The van der Waals surface area contributed by atoms with Crippen LogP contribution in [0.15, 0.2) is 72.8 Å². The van der Waals surface area contributed by atoms with Crippen LogP contribution in [0, 0.1) is 0 Å². The molecule has 0 aliphatic carbocycles. The molecule has 4 amide bonds. The Kier molecular flexibility index (Phi) is 11.6. The van der Waals surface area contributed by atoms with Gasteiger partial charge in [-0.15, -0.1) is 0 Å². The quantitative estimate of drug-likeness (QED) is 0.384. The summed E-state index contributed by atoms with van der Waals surface area (Å²) in [6.45, 7) is 4.33. The third kappa shape index (κ3) is 9.36.